The fourth-order valence-electron chi connectivity index (χ4n) is 3.41. The molecule has 5 heteroatoms. The summed E-state index contributed by atoms with van der Waals surface area (Å²) in [5, 5.41) is 5.65. The van der Waals surface area contributed by atoms with Crippen LogP contribution in [-0.2, 0) is 22.7 Å². The molecule has 2 rings (SSSR count). The van der Waals surface area contributed by atoms with Crippen LogP contribution in [0, 0.1) is 5.92 Å². The second-order valence-corrected chi connectivity index (χ2v) is 7.11. The predicted octanol–water partition coefficient (Wildman–Crippen LogP) is 2.84. The molecule has 5 nitrogen and oxygen atoms in total. The Morgan fingerprint density at radius 1 is 0.962 bits per heavy atom. The standard InChI is InChI=1S/C21H33N3O2/c1-3-24(4-2)16-18-12-10-17(11-13-18)14-22-20(25)15-23-21(26)19-8-6-5-7-9-19/h10-13,19H,3-9,14-16H2,1-2H3,(H,22,25)(H,23,26). The Bertz CT molecular complexity index is 561. The van der Waals surface area contributed by atoms with Gasteiger partial charge in [-0.2, -0.15) is 0 Å². The highest BCUT2D eigenvalue weighted by Crippen LogP contribution is 2.23. The molecule has 0 aliphatic heterocycles. The van der Waals surface area contributed by atoms with Gasteiger partial charge >= 0.3 is 0 Å². The number of hydrogen-bond acceptors (Lipinski definition) is 3. The maximum absolute atomic E-state index is 12.1. The number of carbonyl (C=O) groups is 2. The molecule has 1 fully saturated rings. The van der Waals surface area contributed by atoms with E-state index in [4.69, 9.17) is 0 Å². The third kappa shape index (κ3) is 6.79. The molecular weight excluding hydrogens is 326 g/mol. The van der Waals surface area contributed by atoms with E-state index in [1.165, 1.54) is 12.0 Å². The first-order valence-corrected chi connectivity index (χ1v) is 9.97. The summed E-state index contributed by atoms with van der Waals surface area (Å²) >= 11 is 0. The summed E-state index contributed by atoms with van der Waals surface area (Å²) in [5.74, 6) is -0.0168. The number of benzene rings is 1. The lowest BCUT2D eigenvalue weighted by Crippen LogP contribution is -2.39. The molecule has 144 valence electrons. The second-order valence-electron chi connectivity index (χ2n) is 7.11. The van der Waals surface area contributed by atoms with Gasteiger partial charge in [0.15, 0.2) is 0 Å². The highest BCUT2D eigenvalue weighted by atomic mass is 16.2. The maximum Gasteiger partial charge on any atom is 0.239 e. The Morgan fingerprint density at radius 3 is 2.19 bits per heavy atom. The van der Waals surface area contributed by atoms with Crippen LogP contribution in [0.4, 0.5) is 0 Å². The molecule has 1 aliphatic rings. The fraction of sp³-hybridized carbons (Fsp3) is 0.619. The van der Waals surface area contributed by atoms with Crippen molar-refractivity contribution < 1.29 is 9.59 Å². The van der Waals surface area contributed by atoms with E-state index in [-0.39, 0.29) is 24.3 Å². The number of nitrogens with zero attached hydrogens (tertiary/aromatic N) is 1. The van der Waals surface area contributed by atoms with Gasteiger partial charge in [0, 0.05) is 19.0 Å². The molecule has 1 aromatic carbocycles. The summed E-state index contributed by atoms with van der Waals surface area (Å²) < 4.78 is 0. The minimum atomic E-state index is -0.138. The van der Waals surface area contributed by atoms with Crippen LogP contribution in [0.5, 0.6) is 0 Å². The van der Waals surface area contributed by atoms with Gasteiger partial charge in [-0.15, -0.1) is 0 Å². The average molecular weight is 360 g/mol. The second kappa shape index (κ2) is 11.0. The molecule has 0 heterocycles. The molecule has 1 aromatic rings. The maximum atomic E-state index is 12.1. The van der Waals surface area contributed by atoms with Crippen molar-refractivity contribution in [1.29, 1.82) is 0 Å². The minimum absolute atomic E-state index is 0.0283. The molecule has 2 amide bonds. The number of carbonyl (C=O) groups excluding carboxylic acids is 2. The first-order chi connectivity index (χ1) is 12.6. The number of amides is 2. The Labute approximate surface area is 157 Å². The monoisotopic (exact) mass is 359 g/mol. The molecule has 1 aliphatic carbocycles. The zero-order chi connectivity index (χ0) is 18.8. The van der Waals surface area contributed by atoms with Gasteiger partial charge in [-0.05, 0) is 37.1 Å². The van der Waals surface area contributed by atoms with E-state index in [9.17, 15) is 9.59 Å². The quantitative estimate of drug-likeness (QED) is 0.713. The van der Waals surface area contributed by atoms with Gasteiger partial charge in [0.25, 0.3) is 0 Å². The molecule has 2 N–H and O–H groups in total. The molecular formula is C21H33N3O2. The van der Waals surface area contributed by atoms with Gasteiger partial charge in [0.05, 0.1) is 6.54 Å². The van der Waals surface area contributed by atoms with E-state index in [1.807, 2.05) is 0 Å². The molecule has 1 saturated carbocycles. The number of rotatable bonds is 9. The van der Waals surface area contributed by atoms with E-state index in [2.05, 4.69) is 53.6 Å². The highest BCUT2D eigenvalue weighted by molar-refractivity contribution is 5.85. The molecule has 0 saturated heterocycles. The van der Waals surface area contributed by atoms with Crippen molar-refractivity contribution in [2.45, 2.75) is 59.0 Å². The van der Waals surface area contributed by atoms with Crippen molar-refractivity contribution in [3.63, 3.8) is 0 Å². The summed E-state index contributed by atoms with van der Waals surface area (Å²) in [4.78, 5) is 26.4. The van der Waals surface area contributed by atoms with Gasteiger partial charge in [-0.25, -0.2) is 0 Å². The molecule has 0 spiro atoms. The normalized spacial score (nSPS) is 15.0. The van der Waals surface area contributed by atoms with Crippen molar-refractivity contribution in [2.75, 3.05) is 19.6 Å². The molecule has 26 heavy (non-hydrogen) atoms. The predicted molar refractivity (Wildman–Crippen MR) is 104 cm³/mol. The van der Waals surface area contributed by atoms with Crippen LogP contribution in [0.1, 0.15) is 57.1 Å². The van der Waals surface area contributed by atoms with Gasteiger partial charge in [-0.3, -0.25) is 14.5 Å². The van der Waals surface area contributed by atoms with E-state index in [0.29, 0.717) is 6.54 Å². The summed E-state index contributed by atoms with van der Waals surface area (Å²) in [5.41, 5.74) is 2.35. The van der Waals surface area contributed by atoms with Crippen molar-refractivity contribution >= 4 is 11.8 Å². The Kier molecular flexibility index (Phi) is 8.62. The molecule has 0 atom stereocenters. The fourth-order valence-corrected chi connectivity index (χ4v) is 3.41. The minimum Gasteiger partial charge on any atom is -0.350 e. The van der Waals surface area contributed by atoms with Gasteiger partial charge in [0.2, 0.25) is 11.8 Å². The van der Waals surface area contributed by atoms with E-state index >= 15 is 0 Å². The smallest absolute Gasteiger partial charge is 0.239 e. The number of nitrogens with one attached hydrogen (secondary N) is 2. The van der Waals surface area contributed by atoms with Crippen molar-refractivity contribution in [1.82, 2.24) is 15.5 Å². The Morgan fingerprint density at radius 2 is 1.58 bits per heavy atom. The first kappa shape index (κ1) is 20.4. The topological polar surface area (TPSA) is 61.4 Å². The molecule has 0 radical (unpaired) electrons. The molecule has 0 bridgehead atoms. The van der Waals surface area contributed by atoms with Crippen LogP contribution in [0.3, 0.4) is 0 Å². The summed E-state index contributed by atoms with van der Waals surface area (Å²) in [6, 6.07) is 8.34. The number of hydrogen-bond donors (Lipinski definition) is 2. The van der Waals surface area contributed by atoms with E-state index < -0.39 is 0 Å². The van der Waals surface area contributed by atoms with Crippen molar-refractivity contribution in [2.24, 2.45) is 5.92 Å². The first-order valence-electron chi connectivity index (χ1n) is 9.97. The van der Waals surface area contributed by atoms with Crippen LogP contribution in [0.2, 0.25) is 0 Å². The summed E-state index contributed by atoms with van der Waals surface area (Å²) in [6.45, 7) is 7.93. The SMILES string of the molecule is CCN(CC)Cc1ccc(CNC(=O)CNC(=O)C2CCCCC2)cc1. The summed E-state index contributed by atoms with van der Waals surface area (Å²) in [6.07, 6.45) is 5.36. The van der Waals surface area contributed by atoms with Crippen molar-refractivity contribution in [3.8, 4) is 0 Å². The average Bonchev–Trinajstić information content (AvgIpc) is 2.70. The van der Waals surface area contributed by atoms with Gasteiger partial charge in [-0.1, -0.05) is 57.4 Å². The van der Waals surface area contributed by atoms with Crippen LogP contribution >= 0.6 is 0 Å². The van der Waals surface area contributed by atoms with Gasteiger partial charge < -0.3 is 10.6 Å². The van der Waals surface area contributed by atoms with E-state index in [1.54, 1.807) is 0 Å². The largest absolute Gasteiger partial charge is 0.350 e. The van der Waals surface area contributed by atoms with E-state index in [0.717, 1.165) is 50.9 Å². The lowest BCUT2D eigenvalue weighted by Gasteiger charge is -2.20. The zero-order valence-electron chi connectivity index (χ0n) is 16.2. The van der Waals surface area contributed by atoms with Crippen molar-refractivity contribution in [3.05, 3.63) is 35.4 Å². The molecule has 0 aromatic heterocycles. The van der Waals surface area contributed by atoms with Crippen LogP contribution in [0.15, 0.2) is 24.3 Å². The Hall–Kier alpha value is -1.88. The van der Waals surface area contributed by atoms with Crippen LogP contribution < -0.4 is 10.6 Å². The lowest BCUT2D eigenvalue weighted by atomic mass is 9.89. The zero-order valence-corrected chi connectivity index (χ0v) is 16.2. The molecule has 0 unspecified atom stereocenters. The third-order valence-electron chi connectivity index (χ3n) is 5.21. The highest BCUT2D eigenvalue weighted by Gasteiger charge is 2.21. The van der Waals surface area contributed by atoms with Crippen LogP contribution in [-0.4, -0.2) is 36.3 Å². The van der Waals surface area contributed by atoms with Gasteiger partial charge in [0.1, 0.15) is 0 Å². The summed E-state index contributed by atoms with van der Waals surface area (Å²) in [7, 11) is 0. The van der Waals surface area contributed by atoms with Crippen LogP contribution in [0.25, 0.3) is 0 Å². The third-order valence-corrected chi connectivity index (χ3v) is 5.21. The Balaban J connectivity index is 1.69. The lowest BCUT2D eigenvalue weighted by molar-refractivity contribution is -0.129.